The fraction of sp³-hybridized carbons (Fsp3) is 0.714. The molecule has 0 aromatic carbocycles. The summed E-state index contributed by atoms with van der Waals surface area (Å²) in [6.07, 6.45) is 8.83. The van der Waals surface area contributed by atoms with Crippen LogP contribution in [-0.2, 0) is 0 Å². The summed E-state index contributed by atoms with van der Waals surface area (Å²) < 4.78 is 0. The van der Waals surface area contributed by atoms with Crippen LogP contribution in [0.2, 0.25) is 0 Å². The molecule has 0 N–H and O–H groups in total. The van der Waals surface area contributed by atoms with Gasteiger partial charge >= 0.3 is 0 Å². The lowest BCUT2D eigenvalue weighted by Gasteiger charge is -2.00. The van der Waals surface area contributed by atoms with Gasteiger partial charge in [0, 0.05) is 0 Å². The predicted molar refractivity (Wildman–Crippen MR) is 68.5 cm³/mol. The summed E-state index contributed by atoms with van der Waals surface area (Å²) in [6, 6.07) is 0. The summed E-state index contributed by atoms with van der Waals surface area (Å²) in [5.74, 6) is 1.66. The van der Waals surface area contributed by atoms with Gasteiger partial charge in [-0.3, -0.25) is 0 Å². The average molecular weight is 196 g/mol. The van der Waals surface area contributed by atoms with Crippen LogP contribution in [0.25, 0.3) is 0 Å². The molecular weight excluding hydrogens is 168 g/mol. The molecule has 1 unspecified atom stereocenters. The Kier molecular flexibility index (Phi) is 14.2. The monoisotopic (exact) mass is 196 g/mol. The van der Waals surface area contributed by atoms with E-state index in [1.807, 2.05) is 12.2 Å². The Bertz CT molecular complexity index is 122. The third-order valence-corrected chi connectivity index (χ3v) is 2.21. The normalized spacial score (nSPS) is 11.5. The van der Waals surface area contributed by atoms with Crippen molar-refractivity contribution in [3.8, 4) is 0 Å². The molecule has 0 aliphatic rings. The first-order valence-electron chi connectivity index (χ1n) is 5.80. The van der Waals surface area contributed by atoms with E-state index < -0.39 is 0 Å². The molecule has 0 saturated heterocycles. The van der Waals surface area contributed by atoms with E-state index in [1.54, 1.807) is 0 Å². The summed E-state index contributed by atoms with van der Waals surface area (Å²) in [4.78, 5) is 0. The van der Waals surface area contributed by atoms with Gasteiger partial charge in [0.1, 0.15) is 0 Å². The van der Waals surface area contributed by atoms with Gasteiger partial charge in [-0.05, 0) is 31.1 Å². The highest BCUT2D eigenvalue weighted by Gasteiger charge is 1.90. The van der Waals surface area contributed by atoms with Crippen molar-refractivity contribution < 1.29 is 0 Å². The molecule has 1 atom stereocenters. The van der Waals surface area contributed by atoms with E-state index in [0.717, 1.165) is 24.7 Å². The molecule has 0 aromatic rings. The topological polar surface area (TPSA) is 0 Å². The Morgan fingerprint density at radius 2 is 1.64 bits per heavy atom. The smallest absolute Gasteiger partial charge is 0.0328 e. The van der Waals surface area contributed by atoms with Crippen LogP contribution in [0.5, 0.6) is 0 Å². The van der Waals surface area contributed by atoms with Crippen molar-refractivity contribution in [3.05, 3.63) is 25.3 Å². The van der Waals surface area contributed by atoms with Gasteiger partial charge in [0.2, 0.25) is 0 Å². The molecule has 0 heteroatoms. The Morgan fingerprint density at radius 3 is 1.79 bits per heavy atom. The van der Waals surface area contributed by atoms with E-state index in [2.05, 4.69) is 40.9 Å². The van der Waals surface area contributed by atoms with Gasteiger partial charge in [0.25, 0.3) is 0 Å². The van der Waals surface area contributed by atoms with E-state index in [4.69, 9.17) is 0 Å². The van der Waals surface area contributed by atoms with E-state index in [0.29, 0.717) is 0 Å². The first-order valence-corrected chi connectivity index (χ1v) is 5.80. The predicted octanol–water partition coefficient (Wildman–Crippen LogP) is 5.22. The molecule has 0 bridgehead atoms. The van der Waals surface area contributed by atoms with Crippen molar-refractivity contribution in [3.63, 3.8) is 0 Å². The minimum absolute atomic E-state index is 0.831. The molecule has 0 aliphatic heterocycles. The molecule has 0 spiro atoms. The highest BCUT2D eigenvalue weighted by molar-refractivity contribution is 4.69. The number of hydrogen-bond acceptors (Lipinski definition) is 0. The number of hydrogen-bond donors (Lipinski definition) is 0. The second-order valence-corrected chi connectivity index (χ2v) is 4.30. The fourth-order valence-corrected chi connectivity index (χ4v) is 0.902. The lowest BCUT2D eigenvalue weighted by atomic mass is 10.1. The van der Waals surface area contributed by atoms with Crippen LogP contribution < -0.4 is 0 Å². The Labute approximate surface area is 91.1 Å². The van der Waals surface area contributed by atoms with Crippen molar-refractivity contribution in [2.45, 2.75) is 53.4 Å². The Hall–Kier alpha value is -0.520. The molecule has 84 valence electrons. The molecule has 0 nitrogen and oxygen atoms in total. The third kappa shape index (κ3) is 17.5. The number of allylic oxidation sites excluding steroid dienone is 2. The van der Waals surface area contributed by atoms with Crippen LogP contribution in [0.1, 0.15) is 53.4 Å². The largest absolute Gasteiger partial charge is 0.103 e. The van der Waals surface area contributed by atoms with Crippen molar-refractivity contribution in [1.82, 2.24) is 0 Å². The molecule has 0 amide bonds. The summed E-state index contributed by atoms with van der Waals surface area (Å²) in [7, 11) is 0. The molecule has 0 saturated carbocycles. The molecule has 0 fully saturated rings. The van der Waals surface area contributed by atoms with E-state index in [1.165, 1.54) is 12.8 Å². The highest BCUT2D eigenvalue weighted by Crippen LogP contribution is 2.04. The van der Waals surface area contributed by atoms with Crippen LogP contribution in [0.15, 0.2) is 25.3 Å². The second kappa shape index (κ2) is 12.5. The summed E-state index contributed by atoms with van der Waals surface area (Å²) in [5.41, 5.74) is 0. The lowest BCUT2D eigenvalue weighted by Crippen LogP contribution is -1.86. The van der Waals surface area contributed by atoms with Gasteiger partial charge in [-0.1, -0.05) is 46.3 Å². The SMILES string of the molecule is C=CCC(C)CC.C=CCCC(C)C. The summed E-state index contributed by atoms with van der Waals surface area (Å²) >= 11 is 0. The van der Waals surface area contributed by atoms with Gasteiger partial charge < -0.3 is 0 Å². The lowest BCUT2D eigenvalue weighted by molar-refractivity contribution is 0.572. The van der Waals surface area contributed by atoms with Gasteiger partial charge in [0.15, 0.2) is 0 Å². The van der Waals surface area contributed by atoms with Crippen LogP contribution in [-0.4, -0.2) is 0 Å². The molecule has 0 aliphatic carbocycles. The van der Waals surface area contributed by atoms with Crippen molar-refractivity contribution in [1.29, 1.82) is 0 Å². The quantitative estimate of drug-likeness (QED) is 0.511. The van der Waals surface area contributed by atoms with Gasteiger partial charge in [-0.15, -0.1) is 13.2 Å². The van der Waals surface area contributed by atoms with E-state index in [9.17, 15) is 0 Å². The average Bonchev–Trinajstić information content (AvgIpc) is 2.16. The minimum Gasteiger partial charge on any atom is -0.103 e. The van der Waals surface area contributed by atoms with E-state index in [-0.39, 0.29) is 0 Å². The maximum absolute atomic E-state index is 3.65. The van der Waals surface area contributed by atoms with Crippen LogP contribution >= 0.6 is 0 Å². The third-order valence-electron chi connectivity index (χ3n) is 2.21. The minimum atomic E-state index is 0.831. The van der Waals surface area contributed by atoms with Crippen LogP contribution in [0.3, 0.4) is 0 Å². The first kappa shape index (κ1) is 15.9. The maximum Gasteiger partial charge on any atom is -0.0328 e. The van der Waals surface area contributed by atoms with Crippen molar-refractivity contribution >= 4 is 0 Å². The maximum atomic E-state index is 3.65. The first-order chi connectivity index (χ1) is 6.58. The summed E-state index contributed by atoms with van der Waals surface area (Å²) in [5, 5.41) is 0. The Morgan fingerprint density at radius 1 is 1.07 bits per heavy atom. The van der Waals surface area contributed by atoms with Gasteiger partial charge in [0.05, 0.1) is 0 Å². The zero-order chi connectivity index (χ0) is 11.4. The summed E-state index contributed by atoms with van der Waals surface area (Å²) in [6.45, 7) is 16.2. The molecule has 0 heterocycles. The highest BCUT2D eigenvalue weighted by atomic mass is 14.0. The number of rotatable bonds is 6. The molecule has 0 radical (unpaired) electrons. The van der Waals surface area contributed by atoms with Crippen LogP contribution in [0, 0.1) is 11.8 Å². The Balaban J connectivity index is 0. The fourth-order valence-electron chi connectivity index (χ4n) is 0.902. The van der Waals surface area contributed by atoms with Gasteiger partial charge in [-0.25, -0.2) is 0 Å². The standard InChI is InChI=1S/2C7H14/c1-4-5-6-7(2)3;1-4-6-7(3)5-2/h2*4,7H,1,5-6H2,2-3H3. The zero-order valence-electron chi connectivity index (χ0n) is 10.6. The second-order valence-electron chi connectivity index (χ2n) is 4.30. The zero-order valence-corrected chi connectivity index (χ0v) is 10.6. The molecule has 0 aromatic heterocycles. The van der Waals surface area contributed by atoms with Crippen molar-refractivity contribution in [2.24, 2.45) is 11.8 Å². The molecular formula is C14H28. The molecule has 14 heavy (non-hydrogen) atoms. The van der Waals surface area contributed by atoms with Gasteiger partial charge in [-0.2, -0.15) is 0 Å². The van der Waals surface area contributed by atoms with Crippen LogP contribution in [0.4, 0.5) is 0 Å². The molecule has 0 rings (SSSR count). The van der Waals surface area contributed by atoms with E-state index >= 15 is 0 Å². The van der Waals surface area contributed by atoms with Crippen molar-refractivity contribution in [2.75, 3.05) is 0 Å².